The minimum absolute atomic E-state index is 0.145. The van der Waals surface area contributed by atoms with E-state index in [1.54, 1.807) is 0 Å². The van der Waals surface area contributed by atoms with E-state index in [2.05, 4.69) is 111 Å². The van der Waals surface area contributed by atoms with Crippen LogP contribution in [0, 0.1) is 0 Å². The van der Waals surface area contributed by atoms with Crippen molar-refractivity contribution in [3.63, 3.8) is 0 Å². The molecule has 89 heavy (non-hydrogen) atoms. The third-order valence-electron chi connectivity index (χ3n) is 16.3. The molecule has 0 rings (SSSR count). The molecule has 0 aromatic heterocycles. The number of carbonyl (C=O) groups excluding carboxylic acids is 3. The van der Waals surface area contributed by atoms with Gasteiger partial charge in [-0.25, -0.2) is 0 Å². The van der Waals surface area contributed by atoms with Gasteiger partial charge in [-0.05, 0) is 96.3 Å². The lowest BCUT2D eigenvalue weighted by molar-refractivity contribution is -0.870. The molecule has 0 aromatic carbocycles. The molecule has 514 valence electrons. The molecule has 0 spiro atoms. The molecule has 0 heterocycles. The summed E-state index contributed by atoms with van der Waals surface area (Å²) in [6, 6.07) is 0. The molecule has 0 aliphatic rings. The van der Waals surface area contributed by atoms with Crippen LogP contribution in [-0.4, -0.2) is 82.3 Å². The number of unbranched alkanes of at least 4 members (excludes halogenated alkanes) is 38. The summed E-state index contributed by atoms with van der Waals surface area (Å²) < 4.78 is 22.8. The molecule has 0 saturated carbocycles. The van der Waals surface area contributed by atoms with E-state index >= 15 is 0 Å². The van der Waals surface area contributed by atoms with Gasteiger partial charge < -0.3 is 33.3 Å². The number of carboxylic acid groups (broad SMARTS) is 1. The second-order valence-electron chi connectivity index (χ2n) is 26.2. The van der Waals surface area contributed by atoms with Crippen LogP contribution in [0.4, 0.5) is 0 Å². The van der Waals surface area contributed by atoms with Crippen LogP contribution < -0.4 is 5.11 Å². The summed E-state index contributed by atoms with van der Waals surface area (Å²) in [5.41, 5.74) is 0. The fourth-order valence-corrected chi connectivity index (χ4v) is 10.6. The van der Waals surface area contributed by atoms with Crippen LogP contribution in [0.3, 0.4) is 0 Å². The van der Waals surface area contributed by atoms with Gasteiger partial charge >= 0.3 is 11.9 Å². The summed E-state index contributed by atoms with van der Waals surface area (Å²) in [7, 11) is 5.94. The van der Waals surface area contributed by atoms with Crippen LogP contribution in [-0.2, 0) is 33.3 Å². The lowest BCUT2D eigenvalue weighted by Crippen LogP contribution is -2.44. The second kappa shape index (κ2) is 70.1. The van der Waals surface area contributed by atoms with Gasteiger partial charge in [-0.1, -0.05) is 323 Å². The van der Waals surface area contributed by atoms with E-state index in [1.807, 2.05) is 21.1 Å². The molecule has 0 radical (unpaired) electrons. The Hall–Kier alpha value is -3.79. The quantitative estimate of drug-likeness (QED) is 0.0195. The summed E-state index contributed by atoms with van der Waals surface area (Å²) in [6.45, 7) is 4.65. The molecule has 2 unspecified atom stereocenters. The lowest BCUT2D eigenvalue weighted by atomic mass is 10.0. The van der Waals surface area contributed by atoms with E-state index in [0.717, 1.165) is 89.9 Å². The van der Waals surface area contributed by atoms with Gasteiger partial charge in [-0.2, -0.15) is 0 Å². The highest BCUT2D eigenvalue weighted by Gasteiger charge is 2.22. The number of rotatable bonds is 69. The summed E-state index contributed by atoms with van der Waals surface area (Å²) in [5, 5.41) is 11.8. The summed E-state index contributed by atoms with van der Waals surface area (Å²) in [4.78, 5) is 37.5. The van der Waals surface area contributed by atoms with Gasteiger partial charge in [0.15, 0.2) is 12.4 Å². The number of esters is 2. The predicted molar refractivity (Wildman–Crippen MR) is 380 cm³/mol. The number of hydrogen-bond acceptors (Lipinski definition) is 8. The summed E-state index contributed by atoms with van der Waals surface area (Å²) in [6.07, 6.45) is 93.6. The van der Waals surface area contributed by atoms with Crippen molar-refractivity contribution < 1.29 is 42.9 Å². The van der Waals surface area contributed by atoms with Crippen molar-refractivity contribution in [1.82, 2.24) is 0 Å². The zero-order valence-corrected chi connectivity index (χ0v) is 58.8. The van der Waals surface area contributed by atoms with Crippen LogP contribution in [0.25, 0.3) is 0 Å². The molecular formula is C80H141NO8. The average molecular weight is 1250 g/mol. The van der Waals surface area contributed by atoms with Gasteiger partial charge in [0, 0.05) is 12.8 Å². The van der Waals surface area contributed by atoms with Gasteiger partial charge in [0.1, 0.15) is 13.2 Å². The number of carbonyl (C=O) groups is 3. The summed E-state index contributed by atoms with van der Waals surface area (Å²) in [5.74, 6) is -2.27. The van der Waals surface area contributed by atoms with Crippen molar-refractivity contribution in [2.45, 2.75) is 347 Å². The molecule has 0 bridgehead atoms. The van der Waals surface area contributed by atoms with Crippen LogP contribution in [0.1, 0.15) is 335 Å². The lowest BCUT2D eigenvalue weighted by Gasteiger charge is -2.26. The van der Waals surface area contributed by atoms with Crippen molar-refractivity contribution in [3.05, 3.63) is 97.2 Å². The van der Waals surface area contributed by atoms with Crippen LogP contribution in [0.15, 0.2) is 97.2 Å². The molecular weight excluding hydrogens is 1100 g/mol. The maximum absolute atomic E-state index is 12.9. The van der Waals surface area contributed by atoms with Crippen molar-refractivity contribution in [1.29, 1.82) is 0 Å². The second-order valence-corrected chi connectivity index (χ2v) is 26.2. The smallest absolute Gasteiger partial charge is 0.306 e. The maximum atomic E-state index is 12.9. The Morgan fingerprint density at radius 1 is 0.348 bits per heavy atom. The van der Waals surface area contributed by atoms with Gasteiger partial charge in [-0.15, -0.1) is 0 Å². The Kier molecular flexibility index (Phi) is 67.1. The third-order valence-corrected chi connectivity index (χ3v) is 16.3. The van der Waals surface area contributed by atoms with E-state index in [0.29, 0.717) is 23.9 Å². The highest BCUT2D eigenvalue weighted by molar-refractivity contribution is 5.70. The largest absolute Gasteiger partial charge is 0.545 e. The van der Waals surface area contributed by atoms with E-state index in [1.165, 1.54) is 212 Å². The Labute approximate surface area is 550 Å². The zero-order valence-electron chi connectivity index (χ0n) is 58.8. The van der Waals surface area contributed by atoms with Gasteiger partial charge in [0.2, 0.25) is 0 Å². The van der Waals surface area contributed by atoms with Crippen LogP contribution in [0.2, 0.25) is 0 Å². The first-order chi connectivity index (χ1) is 43.6. The maximum Gasteiger partial charge on any atom is 0.306 e. The first-order valence-corrected chi connectivity index (χ1v) is 37.4. The minimum atomic E-state index is -1.63. The third kappa shape index (κ3) is 71.5. The minimum Gasteiger partial charge on any atom is -0.545 e. The fraction of sp³-hybridized carbons (Fsp3) is 0.762. The number of carboxylic acids is 1. The summed E-state index contributed by atoms with van der Waals surface area (Å²) >= 11 is 0. The number of likely N-dealkylation sites (N-methyl/N-ethyl adjacent to an activating group) is 1. The van der Waals surface area contributed by atoms with E-state index < -0.39 is 24.3 Å². The van der Waals surface area contributed by atoms with E-state index in [-0.39, 0.29) is 32.2 Å². The topological polar surface area (TPSA) is 111 Å². The number of ether oxygens (including phenoxy) is 4. The van der Waals surface area contributed by atoms with Crippen molar-refractivity contribution in [3.8, 4) is 0 Å². The molecule has 0 aliphatic carbocycles. The number of quaternary nitrogens is 1. The highest BCUT2D eigenvalue weighted by atomic mass is 16.7. The SMILES string of the molecule is CC/C=C\C/C=C\C/C=C\C/C=C\C/C=C\CCCCCCCCCCCCCC(=O)OC(COC(=O)CCCCCCCCCCCCCCCCCCCCCCCC/C=C\C/C=C\C/C=C\CCCCCCC)COC(OCC[N+](C)(C)C)C(=O)[O-]. The predicted octanol–water partition coefficient (Wildman–Crippen LogP) is 22.3. The fourth-order valence-electron chi connectivity index (χ4n) is 10.6. The first-order valence-electron chi connectivity index (χ1n) is 37.4. The molecule has 2 atom stereocenters. The molecule has 0 saturated heterocycles. The molecule has 9 heteroatoms. The highest BCUT2D eigenvalue weighted by Crippen LogP contribution is 2.18. The zero-order chi connectivity index (χ0) is 64.7. The average Bonchev–Trinajstić information content (AvgIpc) is 3.64. The Balaban J connectivity index is 4.04. The normalized spacial score (nSPS) is 13.2. The molecule has 0 fully saturated rings. The van der Waals surface area contributed by atoms with E-state index in [4.69, 9.17) is 18.9 Å². The molecule has 0 N–H and O–H groups in total. The van der Waals surface area contributed by atoms with Gasteiger partial charge in [-0.3, -0.25) is 9.59 Å². The van der Waals surface area contributed by atoms with Crippen molar-refractivity contribution in [2.24, 2.45) is 0 Å². The van der Waals surface area contributed by atoms with Crippen molar-refractivity contribution in [2.75, 3.05) is 47.5 Å². The Morgan fingerprint density at radius 3 is 0.955 bits per heavy atom. The molecule has 0 aliphatic heterocycles. The number of allylic oxidation sites excluding steroid dienone is 16. The van der Waals surface area contributed by atoms with Crippen molar-refractivity contribution >= 4 is 17.9 Å². The first kappa shape index (κ1) is 85.2. The monoisotopic (exact) mass is 1240 g/mol. The molecule has 0 aromatic rings. The van der Waals surface area contributed by atoms with Crippen LogP contribution >= 0.6 is 0 Å². The molecule has 9 nitrogen and oxygen atoms in total. The Bertz CT molecular complexity index is 1790. The number of aliphatic carboxylic acids is 1. The number of hydrogen-bond donors (Lipinski definition) is 0. The van der Waals surface area contributed by atoms with E-state index in [9.17, 15) is 19.5 Å². The standard InChI is InChI=1S/C80H141NO8/c1-6-8-10-12-14-16-18-20-22-24-26-28-30-32-34-35-36-37-38-39-40-41-42-43-45-46-48-50-52-54-56-58-60-62-64-66-68-70-77(82)87-74-76(75-88-80(79(84)85)86-73-72-81(3,4)5)89-78(83)71-69-67-65-63-61-59-57-55-53-51-49-47-44-33-31-29-27-25-23-21-19-17-15-13-11-9-7-2/h9,11,15,17-18,20-21,23-24,26-27,29-30,32-33,44,76,80H,6-8,10,12-14,16,19,22,25,28,31,34-43,45-75H2,1-5H3/b11-9-,17-15-,20-18-,23-21-,26-24-,29-27-,32-30-,44-33-. The van der Waals surface area contributed by atoms with Gasteiger partial charge in [0.05, 0.1) is 40.3 Å². The Morgan fingerprint density at radius 2 is 0.640 bits per heavy atom. The molecule has 0 amide bonds. The van der Waals surface area contributed by atoms with Crippen LogP contribution in [0.5, 0.6) is 0 Å². The van der Waals surface area contributed by atoms with Gasteiger partial charge in [0.25, 0.3) is 0 Å². The number of nitrogens with zero attached hydrogens (tertiary/aromatic N) is 1.